The number of furan rings is 1. The number of hydrogen-bond acceptors (Lipinski definition) is 2. The molecule has 1 atom stereocenters. The minimum absolute atomic E-state index is 0.248. The highest BCUT2D eigenvalue weighted by atomic mass is 127. The Balaban J connectivity index is 2.36. The first-order valence-electron chi connectivity index (χ1n) is 4.11. The van der Waals surface area contributed by atoms with E-state index < -0.39 is 0 Å². The van der Waals surface area contributed by atoms with Crippen LogP contribution in [-0.2, 0) is 4.79 Å². The van der Waals surface area contributed by atoms with Crippen LogP contribution in [0, 0.1) is 0 Å². The summed E-state index contributed by atoms with van der Waals surface area (Å²) in [7, 11) is 0. The van der Waals surface area contributed by atoms with E-state index in [0.29, 0.717) is 6.42 Å². The quantitative estimate of drug-likeness (QED) is 0.743. The van der Waals surface area contributed by atoms with Crippen molar-refractivity contribution in [1.29, 1.82) is 0 Å². The Hall–Kier alpha value is -0.580. The molecule has 0 fully saturated rings. The van der Waals surface area contributed by atoms with Crippen molar-refractivity contribution in [1.82, 2.24) is 0 Å². The molecule has 0 spiro atoms. The average Bonchev–Trinajstić information content (AvgIpc) is 2.70. The summed E-state index contributed by atoms with van der Waals surface area (Å²) in [6, 6.07) is 1.93. The van der Waals surface area contributed by atoms with Crippen LogP contribution in [0.2, 0.25) is 0 Å². The molecule has 2 nitrogen and oxygen atoms in total. The van der Waals surface area contributed by atoms with Gasteiger partial charge in [0.25, 0.3) is 0 Å². The van der Waals surface area contributed by atoms with Gasteiger partial charge in [-0.1, -0.05) is 0 Å². The lowest BCUT2D eigenvalue weighted by molar-refractivity contribution is -0.114. The lowest BCUT2D eigenvalue weighted by atomic mass is 9.96. The summed E-state index contributed by atoms with van der Waals surface area (Å²) in [6.07, 6.45) is 3.97. The molecule has 0 saturated carbocycles. The Morgan fingerprint density at radius 2 is 2.38 bits per heavy atom. The number of allylic oxidation sites excluding steroid dienone is 2. The highest BCUT2D eigenvalue weighted by Gasteiger charge is 2.29. The third-order valence-electron chi connectivity index (χ3n) is 2.45. The van der Waals surface area contributed by atoms with E-state index in [-0.39, 0.29) is 11.7 Å². The Bertz CT molecular complexity index is 362. The van der Waals surface area contributed by atoms with Gasteiger partial charge in [0, 0.05) is 12.3 Å². The lowest BCUT2D eigenvalue weighted by Gasteiger charge is -2.06. The average molecular weight is 288 g/mol. The van der Waals surface area contributed by atoms with Gasteiger partial charge >= 0.3 is 0 Å². The predicted octanol–water partition coefficient (Wildman–Crippen LogP) is 3.05. The molecule has 0 amide bonds. The Labute approximate surface area is 90.1 Å². The van der Waals surface area contributed by atoms with Crippen LogP contribution >= 0.6 is 22.6 Å². The maximum Gasteiger partial charge on any atom is 0.169 e. The first kappa shape index (κ1) is 8.99. The van der Waals surface area contributed by atoms with Crippen LogP contribution in [0.15, 0.2) is 32.2 Å². The van der Waals surface area contributed by atoms with Crippen molar-refractivity contribution in [2.75, 3.05) is 0 Å². The van der Waals surface area contributed by atoms with E-state index in [1.54, 1.807) is 12.5 Å². The third-order valence-corrected chi connectivity index (χ3v) is 3.90. The molecule has 0 aliphatic heterocycles. The van der Waals surface area contributed by atoms with E-state index in [9.17, 15) is 4.79 Å². The number of Topliss-reactive ketones (excluding diaryl/α,β-unsaturated/α-hetero) is 1. The van der Waals surface area contributed by atoms with E-state index in [1.807, 2.05) is 13.0 Å². The molecule has 3 heteroatoms. The molecule has 1 aliphatic rings. The molecular weight excluding hydrogens is 279 g/mol. The zero-order valence-corrected chi connectivity index (χ0v) is 9.37. The number of carbonyl (C=O) groups is 1. The minimum Gasteiger partial charge on any atom is -0.472 e. The van der Waals surface area contributed by atoms with E-state index in [1.165, 1.54) is 5.57 Å². The van der Waals surface area contributed by atoms with Gasteiger partial charge in [-0.2, -0.15) is 0 Å². The molecule has 1 aromatic rings. The maximum atomic E-state index is 11.4. The number of halogens is 1. The zero-order chi connectivity index (χ0) is 9.42. The molecule has 1 heterocycles. The molecule has 68 valence electrons. The van der Waals surface area contributed by atoms with Gasteiger partial charge in [0.05, 0.1) is 16.1 Å². The molecule has 0 radical (unpaired) electrons. The standard InChI is InChI=1S/C10H9IO2/c1-6-8(4-9(12)10(6)11)7-2-3-13-5-7/h2-3,5,8H,4H2,1H3/t8-/m0/s1. The predicted molar refractivity (Wildman–Crippen MR) is 57.8 cm³/mol. The van der Waals surface area contributed by atoms with Gasteiger partial charge in [-0.15, -0.1) is 0 Å². The van der Waals surface area contributed by atoms with Crippen LogP contribution in [0.4, 0.5) is 0 Å². The zero-order valence-electron chi connectivity index (χ0n) is 7.21. The van der Waals surface area contributed by atoms with Crippen LogP contribution in [-0.4, -0.2) is 5.78 Å². The summed E-state index contributed by atoms with van der Waals surface area (Å²) in [5.41, 5.74) is 2.28. The van der Waals surface area contributed by atoms with Crippen molar-refractivity contribution in [3.05, 3.63) is 33.3 Å². The van der Waals surface area contributed by atoms with Gasteiger partial charge in [0.15, 0.2) is 5.78 Å². The fourth-order valence-electron chi connectivity index (χ4n) is 1.64. The number of carbonyl (C=O) groups excluding carboxylic acids is 1. The van der Waals surface area contributed by atoms with Crippen LogP contribution < -0.4 is 0 Å². The summed E-state index contributed by atoms with van der Waals surface area (Å²) >= 11 is 2.12. The third kappa shape index (κ3) is 1.45. The van der Waals surface area contributed by atoms with Gasteiger partial charge in [-0.05, 0) is 46.7 Å². The summed E-state index contributed by atoms with van der Waals surface area (Å²) in [5, 5.41) is 0. The molecule has 1 aromatic heterocycles. The van der Waals surface area contributed by atoms with Gasteiger partial charge in [0.2, 0.25) is 0 Å². The Morgan fingerprint density at radius 1 is 1.62 bits per heavy atom. The fourth-order valence-corrected chi connectivity index (χ4v) is 2.24. The van der Waals surface area contributed by atoms with Crippen molar-refractivity contribution in [2.24, 2.45) is 0 Å². The van der Waals surface area contributed by atoms with Crippen molar-refractivity contribution in [2.45, 2.75) is 19.3 Å². The number of rotatable bonds is 1. The van der Waals surface area contributed by atoms with E-state index in [4.69, 9.17) is 4.42 Å². The smallest absolute Gasteiger partial charge is 0.169 e. The topological polar surface area (TPSA) is 30.2 Å². The van der Waals surface area contributed by atoms with Crippen LogP contribution in [0.1, 0.15) is 24.8 Å². The monoisotopic (exact) mass is 288 g/mol. The molecule has 0 aromatic carbocycles. The van der Waals surface area contributed by atoms with E-state index in [0.717, 1.165) is 9.14 Å². The molecule has 0 unspecified atom stereocenters. The largest absolute Gasteiger partial charge is 0.472 e. The van der Waals surface area contributed by atoms with Gasteiger partial charge in [-0.25, -0.2) is 0 Å². The minimum atomic E-state index is 0.248. The summed E-state index contributed by atoms with van der Waals surface area (Å²) in [4.78, 5) is 11.4. The second-order valence-corrected chi connectivity index (χ2v) is 4.31. The Morgan fingerprint density at radius 3 is 2.85 bits per heavy atom. The molecule has 13 heavy (non-hydrogen) atoms. The number of hydrogen-bond donors (Lipinski definition) is 0. The lowest BCUT2D eigenvalue weighted by Crippen LogP contribution is -1.95. The number of ketones is 1. The highest BCUT2D eigenvalue weighted by molar-refractivity contribution is 14.1. The van der Waals surface area contributed by atoms with E-state index in [2.05, 4.69) is 22.6 Å². The first-order chi connectivity index (χ1) is 6.20. The normalized spacial score (nSPS) is 22.9. The van der Waals surface area contributed by atoms with Crippen LogP contribution in [0.3, 0.4) is 0 Å². The highest BCUT2D eigenvalue weighted by Crippen LogP contribution is 2.39. The summed E-state index contributed by atoms with van der Waals surface area (Å²) in [5.74, 6) is 0.502. The van der Waals surface area contributed by atoms with Gasteiger partial charge in [-0.3, -0.25) is 4.79 Å². The molecule has 0 saturated heterocycles. The van der Waals surface area contributed by atoms with Crippen LogP contribution in [0.5, 0.6) is 0 Å². The van der Waals surface area contributed by atoms with Gasteiger partial charge < -0.3 is 4.42 Å². The van der Waals surface area contributed by atoms with Crippen molar-refractivity contribution < 1.29 is 9.21 Å². The first-order valence-corrected chi connectivity index (χ1v) is 5.19. The van der Waals surface area contributed by atoms with Crippen molar-refractivity contribution in [3.8, 4) is 0 Å². The van der Waals surface area contributed by atoms with Gasteiger partial charge in [0.1, 0.15) is 0 Å². The molecule has 0 bridgehead atoms. The van der Waals surface area contributed by atoms with Crippen molar-refractivity contribution in [3.63, 3.8) is 0 Å². The molecule has 0 N–H and O–H groups in total. The second kappa shape index (κ2) is 3.29. The van der Waals surface area contributed by atoms with Crippen LogP contribution in [0.25, 0.3) is 0 Å². The molecule has 2 rings (SSSR count). The maximum absolute atomic E-state index is 11.4. The molecular formula is C10H9IO2. The second-order valence-electron chi connectivity index (χ2n) is 3.23. The van der Waals surface area contributed by atoms with E-state index >= 15 is 0 Å². The SMILES string of the molecule is CC1=C(I)C(=O)C[C@@H]1c1ccoc1. The molecule has 1 aliphatic carbocycles. The summed E-state index contributed by atoms with van der Waals surface area (Å²) in [6.45, 7) is 2.02. The Kier molecular flexibility index (Phi) is 2.27. The summed E-state index contributed by atoms with van der Waals surface area (Å²) < 4.78 is 5.90. The van der Waals surface area contributed by atoms with Crippen molar-refractivity contribution >= 4 is 28.4 Å². The fraction of sp³-hybridized carbons (Fsp3) is 0.300.